The maximum atomic E-state index is 12.4. The second-order valence-electron chi connectivity index (χ2n) is 6.55. The van der Waals surface area contributed by atoms with Crippen molar-refractivity contribution in [3.05, 3.63) is 53.1 Å². The predicted octanol–water partition coefficient (Wildman–Crippen LogP) is 4.28. The Labute approximate surface area is 165 Å². The molecular formula is C21H25ClN2O3. The maximum Gasteiger partial charge on any atom is 0.224 e. The van der Waals surface area contributed by atoms with E-state index in [-0.39, 0.29) is 5.91 Å². The van der Waals surface area contributed by atoms with E-state index in [4.69, 9.17) is 21.1 Å². The van der Waals surface area contributed by atoms with Crippen molar-refractivity contribution >= 4 is 28.9 Å². The molecule has 0 aliphatic carbocycles. The fraction of sp³-hybridized carbons (Fsp3) is 0.381. The summed E-state index contributed by atoms with van der Waals surface area (Å²) in [5.41, 5.74) is 2.77. The molecule has 0 spiro atoms. The van der Waals surface area contributed by atoms with Crippen molar-refractivity contribution in [2.45, 2.75) is 19.8 Å². The first-order valence-corrected chi connectivity index (χ1v) is 9.62. The molecule has 0 radical (unpaired) electrons. The molecule has 6 heteroatoms. The van der Waals surface area contributed by atoms with Gasteiger partial charge in [-0.15, -0.1) is 0 Å². The fourth-order valence-electron chi connectivity index (χ4n) is 3.07. The van der Waals surface area contributed by atoms with Gasteiger partial charge in [-0.05, 0) is 43.2 Å². The molecule has 1 saturated heterocycles. The number of aryl methyl sites for hydroxylation is 1. The Morgan fingerprint density at radius 3 is 2.78 bits per heavy atom. The first-order valence-electron chi connectivity index (χ1n) is 9.24. The zero-order valence-electron chi connectivity index (χ0n) is 15.5. The van der Waals surface area contributed by atoms with Crippen molar-refractivity contribution in [2.75, 3.05) is 43.1 Å². The number of hydrogen-bond acceptors (Lipinski definition) is 4. The normalized spacial score (nSPS) is 14.1. The number of nitrogens with one attached hydrogen (secondary N) is 1. The number of nitrogens with zero attached hydrogens (tertiary/aromatic N) is 1. The number of carbonyl (C=O) groups excluding carboxylic acids is 1. The molecule has 2 aromatic carbocycles. The van der Waals surface area contributed by atoms with E-state index in [9.17, 15) is 4.79 Å². The third kappa shape index (κ3) is 5.62. The monoisotopic (exact) mass is 388 g/mol. The number of ether oxygens (including phenoxy) is 2. The van der Waals surface area contributed by atoms with Crippen molar-refractivity contribution in [3.63, 3.8) is 0 Å². The van der Waals surface area contributed by atoms with Gasteiger partial charge in [0.05, 0.1) is 36.2 Å². The predicted molar refractivity (Wildman–Crippen MR) is 109 cm³/mol. The zero-order valence-corrected chi connectivity index (χ0v) is 16.3. The van der Waals surface area contributed by atoms with Crippen LogP contribution in [0.3, 0.4) is 0 Å². The number of carbonyl (C=O) groups is 1. The number of anilines is 2. The standard InChI is InChI=1S/C21H25ClN2O3/c1-16-5-2-6-17(15-16)27-12-4-9-20(25)23-19-8-3-7-18(22)21(19)24-10-13-26-14-11-24/h2-3,5-8,15H,4,9-14H2,1H3,(H,23,25). The summed E-state index contributed by atoms with van der Waals surface area (Å²) in [6.45, 7) is 5.37. The lowest BCUT2D eigenvalue weighted by Crippen LogP contribution is -2.37. The molecule has 1 heterocycles. The molecule has 0 atom stereocenters. The van der Waals surface area contributed by atoms with Crippen LogP contribution in [0.4, 0.5) is 11.4 Å². The van der Waals surface area contributed by atoms with Crippen LogP contribution >= 0.6 is 11.6 Å². The Bertz CT molecular complexity index is 776. The van der Waals surface area contributed by atoms with Crippen molar-refractivity contribution in [3.8, 4) is 5.75 Å². The first-order chi connectivity index (χ1) is 13.1. The van der Waals surface area contributed by atoms with E-state index in [1.807, 2.05) is 49.4 Å². The number of morpholine rings is 1. The number of para-hydroxylation sites is 1. The first kappa shape index (κ1) is 19.5. The van der Waals surface area contributed by atoms with E-state index in [0.717, 1.165) is 35.8 Å². The van der Waals surface area contributed by atoms with Gasteiger partial charge in [-0.25, -0.2) is 0 Å². The highest BCUT2D eigenvalue weighted by Crippen LogP contribution is 2.34. The minimum absolute atomic E-state index is 0.0420. The largest absolute Gasteiger partial charge is 0.494 e. The Morgan fingerprint density at radius 1 is 1.22 bits per heavy atom. The molecule has 1 aliphatic rings. The highest BCUT2D eigenvalue weighted by atomic mass is 35.5. The van der Waals surface area contributed by atoms with Gasteiger partial charge >= 0.3 is 0 Å². The number of benzene rings is 2. The fourth-order valence-corrected chi connectivity index (χ4v) is 3.36. The Hall–Kier alpha value is -2.24. The highest BCUT2D eigenvalue weighted by molar-refractivity contribution is 6.34. The van der Waals surface area contributed by atoms with Crippen LogP contribution in [-0.4, -0.2) is 38.8 Å². The van der Waals surface area contributed by atoms with Crippen molar-refractivity contribution in [2.24, 2.45) is 0 Å². The van der Waals surface area contributed by atoms with Gasteiger partial charge < -0.3 is 19.7 Å². The molecule has 27 heavy (non-hydrogen) atoms. The summed E-state index contributed by atoms with van der Waals surface area (Å²) in [7, 11) is 0. The molecule has 0 aromatic heterocycles. The average Bonchev–Trinajstić information content (AvgIpc) is 2.66. The Morgan fingerprint density at radius 2 is 2.00 bits per heavy atom. The minimum atomic E-state index is -0.0420. The smallest absolute Gasteiger partial charge is 0.224 e. The zero-order chi connectivity index (χ0) is 19.1. The van der Waals surface area contributed by atoms with Gasteiger partial charge in [0, 0.05) is 19.5 Å². The van der Waals surface area contributed by atoms with Gasteiger partial charge in [0.15, 0.2) is 0 Å². The maximum absolute atomic E-state index is 12.4. The summed E-state index contributed by atoms with van der Waals surface area (Å²) < 4.78 is 11.1. The highest BCUT2D eigenvalue weighted by Gasteiger charge is 2.18. The van der Waals surface area contributed by atoms with E-state index in [2.05, 4.69) is 10.2 Å². The Balaban J connectivity index is 1.52. The number of rotatable bonds is 7. The van der Waals surface area contributed by atoms with Crippen LogP contribution in [0, 0.1) is 6.92 Å². The van der Waals surface area contributed by atoms with Gasteiger partial charge in [-0.2, -0.15) is 0 Å². The quantitative estimate of drug-likeness (QED) is 0.719. The number of hydrogen-bond donors (Lipinski definition) is 1. The van der Waals surface area contributed by atoms with E-state index in [1.54, 1.807) is 0 Å². The van der Waals surface area contributed by atoms with Crippen LogP contribution in [0.5, 0.6) is 5.75 Å². The molecule has 144 valence electrons. The lowest BCUT2D eigenvalue weighted by molar-refractivity contribution is -0.116. The van der Waals surface area contributed by atoms with Gasteiger partial charge in [0.25, 0.3) is 0 Å². The summed E-state index contributed by atoms with van der Waals surface area (Å²) in [5, 5.41) is 3.63. The lowest BCUT2D eigenvalue weighted by atomic mass is 10.2. The molecule has 1 fully saturated rings. The van der Waals surface area contributed by atoms with Gasteiger partial charge in [-0.3, -0.25) is 4.79 Å². The molecule has 0 unspecified atom stereocenters. The molecule has 2 aromatic rings. The summed E-state index contributed by atoms with van der Waals surface area (Å²) in [6.07, 6.45) is 1.04. The molecule has 1 aliphatic heterocycles. The average molecular weight is 389 g/mol. The van der Waals surface area contributed by atoms with Crippen LogP contribution in [0.15, 0.2) is 42.5 Å². The summed E-state index contributed by atoms with van der Waals surface area (Å²) in [5.74, 6) is 0.791. The van der Waals surface area contributed by atoms with Crippen molar-refractivity contribution in [1.82, 2.24) is 0 Å². The molecule has 1 amide bonds. The third-order valence-corrected chi connectivity index (χ3v) is 4.70. The van der Waals surface area contributed by atoms with Gasteiger partial charge in [0.2, 0.25) is 5.91 Å². The van der Waals surface area contributed by atoms with Crippen LogP contribution in [-0.2, 0) is 9.53 Å². The second-order valence-corrected chi connectivity index (χ2v) is 6.96. The molecule has 5 nitrogen and oxygen atoms in total. The number of amides is 1. The van der Waals surface area contributed by atoms with E-state index >= 15 is 0 Å². The van der Waals surface area contributed by atoms with Crippen LogP contribution < -0.4 is 15.0 Å². The van der Waals surface area contributed by atoms with Gasteiger partial charge in [-0.1, -0.05) is 29.8 Å². The SMILES string of the molecule is Cc1cccc(OCCCC(=O)Nc2cccc(Cl)c2N2CCOCC2)c1. The molecule has 1 N–H and O–H groups in total. The van der Waals surface area contributed by atoms with Crippen LogP contribution in [0.1, 0.15) is 18.4 Å². The topological polar surface area (TPSA) is 50.8 Å². The lowest BCUT2D eigenvalue weighted by Gasteiger charge is -2.31. The summed E-state index contributed by atoms with van der Waals surface area (Å²) >= 11 is 6.40. The molecule has 0 saturated carbocycles. The van der Waals surface area contributed by atoms with E-state index < -0.39 is 0 Å². The molecule has 0 bridgehead atoms. The molecule has 3 rings (SSSR count). The molecular weight excluding hydrogens is 364 g/mol. The second kappa shape index (κ2) is 9.62. The van der Waals surface area contributed by atoms with E-state index in [0.29, 0.717) is 37.7 Å². The summed E-state index contributed by atoms with van der Waals surface area (Å²) in [6, 6.07) is 13.5. The Kier molecular flexibility index (Phi) is 6.96. The van der Waals surface area contributed by atoms with Crippen molar-refractivity contribution < 1.29 is 14.3 Å². The van der Waals surface area contributed by atoms with Crippen LogP contribution in [0.2, 0.25) is 5.02 Å². The van der Waals surface area contributed by atoms with Gasteiger partial charge in [0.1, 0.15) is 5.75 Å². The van der Waals surface area contributed by atoms with Crippen LogP contribution in [0.25, 0.3) is 0 Å². The minimum Gasteiger partial charge on any atom is -0.494 e. The summed E-state index contributed by atoms with van der Waals surface area (Å²) in [4.78, 5) is 14.5. The van der Waals surface area contributed by atoms with E-state index in [1.165, 1.54) is 0 Å². The number of halogens is 1. The van der Waals surface area contributed by atoms with Crippen molar-refractivity contribution in [1.29, 1.82) is 0 Å². The third-order valence-electron chi connectivity index (χ3n) is 4.39.